The summed E-state index contributed by atoms with van der Waals surface area (Å²) in [6, 6.07) is 9.78. The molecule has 0 saturated carbocycles. The van der Waals surface area contributed by atoms with Crippen molar-refractivity contribution in [2.75, 3.05) is 0 Å². The maximum Gasteiger partial charge on any atom is 0.167 e. The lowest BCUT2D eigenvalue weighted by Gasteiger charge is -2.04. The lowest BCUT2D eigenvalue weighted by Crippen LogP contribution is -2.05. The van der Waals surface area contributed by atoms with E-state index in [9.17, 15) is 13.6 Å². The van der Waals surface area contributed by atoms with E-state index in [2.05, 4.69) is 0 Å². The Labute approximate surface area is 108 Å². The summed E-state index contributed by atoms with van der Waals surface area (Å²) in [7, 11) is 0. The van der Waals surface area contributed by atoms with Gasteiger partial charge < -0.3 is 0 Å². The van der Waals surface area contributed by atoms with Gasteiger partial charge in [0.25, 0.3) is 0 Å². The van der Waals surface area contributed by atoms with Crippen LogP contribution in [0.3, 0.4) is 0 Å². The van der Waals surface area contributed by atoms with E-state index in [1.807, 2.05) is 0 Å². The van der Waals surface area contributed by atoms with Gasteiger partial charge in [-0.3, -0.25) is 4.79 Å². The first-order valence-corrected chi connectivity index (χ1v) is 5.67. The van der Waals surface area contributed by atoms with Crippen molar-refractivity contribution < 1.29 is 13.6 Å². The lowest BCUT2D eigenvalue weighted by molar-refractivity contribution is 0.0991. The summed E-state index contributed by atoms with van der Waals surface area (Å²) in [5.41, 5.74) is 0.422. The van der Waals surface area contributed by atoms with Gasteiger partial charge in [0.05, 0.1) is 5.02 Å². The quantitative estimate of drug-likeness (QED) is 0.766. The van der Waals surface area contributed by atoms with Crippen LogP contribution in [-0.2, 0) is 6.42 Å². The van der Waals surface area contributed by atoms with Crippen molar-refractivity contribution in [3.8, 4) is 0 Å². The minimum atomic E-state index is -0.607. The summed E-state index contributed by atoms with van der Waals surface area (Å²) in [5, 5.41) is -0.0282. The topological polar surface area (TPSA) is 17.1 Å². The minimum Gasteiger partial charge on any atom is -0.294 e. The van der Waals surface area contributed by atoms with Gasteiger partial charge in [-0.2, -0.15) is 0 Å². The second kappa shape index (κ2) is 5.27. The van der Waals surface area contributed by atoms with E-state index in [4.69, 9.17) is 11.6 Å². The molecule has 0 aliphatic rings. The van der Waals surface area contributed by atoms with Gasteiger partial charge >= 0.3 is 0 Å². The number of carbonyl (C=O) groups is 1. The van der Waals surface area contributed by atoms with Gasteiger partial charge in [0, 0.05) is 12.0 Å². The van der Waals surface area contributed by atoms with Crippen LogP contribution in [0.5, 0.6) is 0 Å². The lowest BCUT2D eigenvalue weighted by atomic mass is 10.0. The Kier molecular flexibility index (Phi) is 3.72. The van der Waals surface area contributed by atoms with E-state index in [1.165, 1.54) is 30.3 Å². The summed E-state index contributed by atoms with van der Waals surface area (Å²) in [6.45, 7) is 0. The smallest absolute Gasteiger partial charge is 0.167 e. The Hall–Kier alpha value is -1.74. The van der Waals surface area contributed by atoms with E-state index in [-0.39, 0.29) is 28.4 Å². The summed E-state index contributed by atoms with van der Waals surface area (Å²) >= 11 is 5.62. The molecule has 0 N–H and O–H groups in total. The maximum absolute atomic E-state index is 13.6. The predicted octanol–water partition coefficient (Wildman–Crippen LogP) is 4.04. The van der Waals surface area contributed by atoms with Gasteiger partial charge in [-0.15, -0.1) is 0 Å². The average molecular weight is 267 g/mol. The fraction of sp³-hybridized carbons (Fsp3) is 0.0714. The van der Waals surface area contributed by atoms with Crippen LogP contribution in [0.15, 0.2) is 42.5 Å². The summed E-state index contributed by atoms with van der Waals surface area (Å²) in [4.78, 5) is 11.9. The number of halogens is 3. The molecule has 2 rings (SSSR count). The first-order chi connectivity index (χ1) is 8.58. The van der Waals surface area contributed by atoms with Crippen LogP contribution in [0.1, 0.15) is 15.9 Å². The van der Waals surface area contributed by atoms with Gasteiger partial charge in [0.1, 0.15) is 11.6 Å². The van der Waals surface area contributed by atoms with Crippen LogP contribution < -0.4 is 0 Å². The van der Waals surface area contributed by atoms with Crippen molar-refractivity contribution in [2.24, 2.45) is 0 Å². The fourth-order valence-electron chi connectivity index (χ4n) is 1.62. The van der Waals surface area contributed by atoms with Gasteiger partial charge in [-0.1, -0.05) is 35.9 Å². The molecule has 4 heteroatoms. The molecule has 0 aliphatic carbocycles. The molecule has 2 aromatic carbocycles. The molecule has 0 saturated heterocycles. The van der Waals surface area contributed by atoms with Crippen molar-refractivity contribution in [1.82, 2.24) is 0 Å². The van der Waals surface area contributed by atoms with Gasteiger partial charge in [0.2, 0.25) is 0 Å². The third kappa shape index (κ3) is 2.74. The van der Waals surface area contributed by atoms with Crippen molar-refractivity contribution in [2.45, 2.75) is 6.42 Å². The number of hydrogen-bond acceptors (Lipinski definition) is 1. The second-order valence-corrected chi connectivity index (χ2v) is 4.23. The summed E-state index contributed by atoms with van der Waals surface area (Å²) in [6.07, 6.45) is -0.143. The number of Topliss-reactive ketones (excluding diaryl/α,β-unsaturated/α-hetero) is 1. The number of benzene rings is 2. The standard InChI is InChI=1S/C14H9ClF2O/c15-12-6-2-4-10(14(12)17)8-13(18)9-3-1-5-11(16)7-9/h1-7H,8H2. The Morgan fingerprint density at radius 3 is 2.56 bits per heavy atom. The van der Waals surface area contributed by atoms with Gasteiger partial charge in [-0.25, -0.2) is 8.78 Å². The number of hydrogen-bond donors (Lipinski definition) is 0. The van der Waals surface area contributed by atoms with E-state index in [0.29, 0.717) is 0 Å². The van der Waals surface area contributed by atoms with Crippen LogP contribution in [-0.4, -0.2) is 5.78 Å². The number of ketones is 1. The molecule has 0 amide bonds. The van der Waals surface area contributed by atoms with Crippen LogP contribution in [0.25, 0.3) is 0 Å². The molecule has 0 aromatic heterocycles. The summed E-state index contributed by atoms with van der Waals surface area (Å²) < 4.78 is 26.6. The Balaban J connectivity index is 2.24. The molecule has 18 heavy (non-hydrogen) atoms. The van der Waals surface area contributed by atoms with Crippen LogP contribution in [0.2, 0.25) is 5.02 Å². The molecule has 0 radical (unpaired) electrons. The molecular weight excluding hydrogens is 258 g/mol. The normalized spacial score (nSPS) is 10.4. The molecule has 0 fully saturated rings. The fourth-order valence-corrected chi connectivity index (χ4v) is 1.82. The van der Waals surface area contributed by atoms with Crippen molar-refractivity contribution >= 4 is 17.4 Å². The highest BCUT2D eigenvalue weighted by Crippen LogP contribution is 2.19. The second-order valence-electron chi connectivity index (χ2n) is 3.82. The average Bonchev–Trinajstić information content (AvgIpc) is 2.35. The zero-order valence-electron chi connectivity index (χ0n) is 9.29. The largest absolute Gasteiger partial charge is 0.294 e. The highest BCUT2D eigenvalue weighted by molar-refractivity contribution is 6.30. The first-order valence-electron chi connectivity index (χ1n) is 5.29. The van der Waals surface area contributed by atoms with E-state index in [0.717, 1.165) is 6.07 Å². The molecule has 0 heterocycles. The Bertz CT molecular complexity index is 596. The third-order valence-electron chi connectivity index (χ3n) is 2.53. The van der Waals surface area contributed by atoms with Gasteiger partial charge in [-0.05, 0) is 23.8 Å². The Morgan fingerprint density at radius 2 is 1.83 bits per heavy atom. The van der Waals surface area contributed by atoms with Crippen molar-refractivity contribution in [3.05, 3.63) is 70.2 Å². The molecule has 0 spiro atoms. The van der Waals surface area contributed by atoms with E-state index < -0.39 is 11.6 Å². The molecule has 2 aromatic rings. The van der Waals surface area contributed by atoms with Crippen LogP contribution in [0.4, 0.5) is 8.78 Å². The SMILES string of the molecule is O=C(Cc1cccc(Cl)c1F)c1cccc(F)c1. The number of rotatable bonds is 3. The molecule has 0 unspecified atom stereocenters. The highest BCUT2D eigenvalue weighted by atomic mass is 35.5. The first kappa shape index (κ1) is 12.7. The van der Waals surface area contributed by atoms with Crippen LogP contribution >= 0.6 is 11.6 Å². The molecular formula is C14H9ClF2O. The zero-order chi connectivity index (χ0) is 13.1. The van der Waals surface area contributed by atoms with E-state index >= 15 is 0 Å². The van der Waals surface area contributed by atoms with Crippen LogP contribution in [0, 0.1) is 11.6 Å². The Morgan fingerprint density at radius 1 is 1.11 bits per heavy atom. The molecule has 92 valence electrons. The monoisotopic (exact) mass is 266 g/mol. The number of carbonyl (C=O) groups excluding carboxylic acids is 1. The molecule has 0 aliphatic heterocycles. The predicted molar refractivity (Wildman–Crippen MR) is 65.8 cm³/mol. The zero-order valence-corrected chi connectivity index (χ0v) is 10.0. The van der Waals surface area contributed by atoms with Gasteiger partial charge in [0.15, 0.2) is 5.78 Å². The molecule has 1 nitrogen and oxygen atoms in total. The third-order valence-corrected chi connectivity index (χ3v) is 2.82. The van der Waals surface area contributed by atoms with E-state index in [1.54, 1.807) is 6.07 Å². The van der Waals surface area contributed by atoms with Crippen molar-refractivity contribution in [3.63, 3.8) is 0 Å². The highest BCUT2D eigenvalue weighted by Gasteiger charge is 2.12. The van der Waals surface area contributed by atoms with Crippen molar-refractivity contribution in [1.29, 1.82) is 0 Å². The molecule has 0 atom stereocenters. The molecule has 0 bridgehead atoms. The maximum atomic E-state index is 13.6. The minimum absolute atomic E-state index is 0.0282. The summed E-state index contributed by atoms with van der Waals surface area (Å²) in [5.74, 6) is -1.45.